The van der Waals surface area contributed by atoms with Gasteiger partial charge in [0.15, 0.2) is 0 Å². The molecule has 0 aliphatic carbocycles. The van der Waals surface area contributed by atoms with Crippen LogP contribution in [0.25, 0.3) is 0 Å². The van der Waals surface area contributed by atoms with E-state index >= 15 is 0 Å². The normalized spacial score (nSPS) is 12.7. The Labute approximate surface area is 138 Å². The number of hydrogen-bond acceptors (Lipinski definition) is 3. The van der Waals surface area contributed by atoms with Gasteiger partial charge in [0, 0.05) is 10.2 Å². The van der Waals surface area contributed by atoms with Crippen molar-refractivity contribution in [2.24, 2.45) is 11.3 Å². The van der Waals surface area contributed by atoms with E-state index in [0.717, 1.165) is 0 Å². The first-order valence-corrected chi connectivity index (χ1v) is 7.76. The molecule has 1 unspecified atom stereocenters. The number of rotatable bonds is 4. The lowest BCUT2D eigenvalue weighted by atomic mass is 9.80. The molecule has 0 aromatic heterocycles. The highest BCUT2D eigenvalue weighted by Gasteiger charge is 2.38. The van der Waals surface area contributed by atoms with Crippen molar-refractivity contribution in [2.45, 2.75) is 27.7 Å². The van der Waals surface area contributed by atoms with Crippen LogP contribution >= 0.6 is 27.5 Å². The minimum atomic E-state index is -0.882. The largest absolute Gasteiger partial charge is 0.465 e. The summed E-state index contributed by atoms with van der Waals surface area (Å²) in [5, 5.41) is 3.27. The van der Waals surface area contributed by atoms with E-state index in [2.05, 4.69) is 21.2 Å². The quantitative estimate of drug-likeness (QED) is 0.631. The molecule has 0 bridgehead atoms. The van der Waals surface area contributed by atoms with Gasteiger partial charge in [-0.2, -0.15) is 0 Å². The van der Waals surface area contributed by atoms with E-state index < -0.39 is 23.2 Å². The van der Waals surface area contributed by atoms with Crippen LogP contribution in [0, 0.1) is 11.3 Å². The number of halogens is 2. The van der Waals surface area contributed by atoms with Crippen molar-refractivity contribution >= 4 is 45.1 Å². The third-order valence-electron chi connectivity index (χ3n) is 2.84. The Balaban J connectivity index is 2.96. The van der Waals surface area contributed by atoms with E-state index in [1.54, 1.807) is 25.1 Å². The monoisotopic (exact) mass is 375 g/mol. The van der Waals surface area contributed by atoms with Gasteiger partial charge >= 0.3 is 5.97 Å². The van der Waals surface area contributed by atoms with E-state index in [9.17, 15) is 9.59 Å². The Bertz CT molecular complexity index is 540. The summed E-state index contributed by atoms with van der Waals surface area (Å²) in [4.78, 5) is 24.4. The fourth-order valence-electron chi connectivity index (χ4n) is 1.87. The molecule has 0 heterocycles. The van der Waals surface area contributed by atoms with Crippen LogP contribution in [0.2, 0.25) is 5.02 Å². The summed E-state index contributed by atoms with van der Waals surface area (Å²) < 4.78 is 5.67. The van der Waals surface area contributed by atoms with Gasteiger partial charge in [-0.3, -0.25) is 9.59 Å². The standard InChI is InChI=1S/C15H19BrClNO3/c1-5-21-14(20)12(15(2,3)4)13(19)18-9-6-7-11(17)10(16)8-9/h6-8,12H,5H2,1-4H3,(H,18,19). The highest BCUT2D eigenvalue weighted by atomic mass is 79.9. The van der Waals surface area contributed by atoms with E-state index in [0.29, 0.717) is 15.2 Å². The molecule has 1 atom stereocenters. The Hall–Kier alpha value is -1.07. The topological polar surface area (TPSA) is 55.4 Å². The molecular weight excluding hydrogens is 358 g/mol. The van der Waals surface area contributed by atoms with Gasteiger partial charge in [-0.25, -0.2) is 0 Å². The van der Waals surface area contributed by atoms with Crippen LogP contribution in [0.15, 0.2) is 22.7 Å². The molecule has 0 aliphatic rings. The van der Waals surface area contributed by atoms with Crippen molar-refractivity contribution in [3.8, 4) is 0 Å². The summed E-state index contributed by atoms with van der Waals surface area (Å²) in [5.41, 5.74) is 0.0230. The van der Waals surface area contributed by atoms with Crippen molar-refractivity contribution < 1.29 is 14.3 Å². The van der Waals surface area contributed by atoms with Crippen LogP contribution in [0.4, 0.5) is 5.69 Å². The Morgan fingerprint density at radius 2 is 2.00 bits per heavy atom. The number of nitrogens with one attached hydrogen (secondary N) is 1. The Morgan fingerprint density at radius 3 is 2.48 bits per heavy atom. The number of ether oxygens (including phenoxy) is 1. The minimum absolute atomic E-state index is 0.241. The number of benzene rings is 1. The van der Waals surface area contributed by atoms with Gasteiger partial charge in [-0.05, 0) is 46.5 Å². The minimum Gasteiger partial charge on any atom is -0.465 e. The summed E-state index contributed by atoms with van der Waals surface area (Å²) in [6.07, 6.45) is 0. The summed E-state index contributed by atoms with van der Waals surface area (Å²) in [6.45, 7) is 7.43. The lowest BCUT2D eigenvalue weighted by Crippen LogP contribution is -2.40. The van der Waals surface area contributed by atoms with Crippen LogP contribution in [0.1, 0.15) is 27.7 Å². The third kappa shape index (κ3) is 5.00. The summed E-state index contributed by atoms with van der Waals surface area (Å²) in [5.74, 6) is -1.79. The predicted molar refractivity (Wildman–Crippen MR) is 87.4 cm³/mol. The van der Waals surface area contributed by atoms with E-state index in [-0.39, 0.29) is 6.61 Å². The molecule has 0 aliphatic heterocycles. The second-order valence-electron chi connectivity index (χ2n) is 5.67. The lowest BCUT2D eigenvalue weighted by Gasteiger charge is -2.27. The smallest absolute Gasteiger partial charge is 0.319 e. The molecule has 0 saturated carbocycles. The third-order valence-corrected chi connectivity index (χ3v) is 4.05. The molecule has 0 saturated heterocycles. The van der Waals surface area contributed by atoms with Crippen molar-refractivity contribution in [3.05, 3.63) is 27.7 Å². The first kappa shape index (κ1) is 18.0. The predicted octanol–water partition coefficient (Wildman–Crippen LogP) is 4.27. The van der Waals surface area contributed by atoms with Crippen LogP contribution in [0.3, 0.4) is 0 Å². The Morgan fingerprint density at radius 1 is 1.38 bits per heavy atom. The summed E-state index contributed by atoms with van der Waals surface area (Å²) in [7, 11) is 0. The zero-order valence-corrected chi connectivity index (χ0v) is 14.8. The fourth-order valence-corrected chi connectivity index (χ4v) is 2.36. The number of carbonyl (C=O) groups is 2. The molecule has 1 aromatic carbocycles. The SMILES string of the molecule is CCOC(=O)C(C(=O)Nc1ccc(Cl)c(Br)c1)C(C)(C)C. The molecule has 1 aromatic rings. The summed E-state index contributed by atoms with van der Waals surface area (Å²) >= 11 is 9.20. The van der Waals surface area contributed by atoms with Gasteiger partial charge in [0.05, 0.1) is 11.6 Å². The van der Waals surface area contributed by atoms with Gasteiger partial charge in [-0.1, -0.05) is 32.4 Å². The second-order valence-corrected chi connectivity index (χ2v) is 6.93. The van der Waals surface area contributed by atoms with Gasteiger partial charge in [-0.15, -0.1) is 0 Å². The lowest BCUT2D eigenvalue weighted by molar-refractivity contribution is -0.155. The average molecular weight is 377 g/mol. The van der Waals surface area contributed by atoms with E-state index in [4.69, 9.17) is 16.3 Å². The number of esters is 1. The van der Waals surface area contributed by atoms with Crippen molar-refractivity contribution in [3.63, 3.8) is 0 Å². The molecule has 0 fully saturated rings. The first-order chi connectivity index (χ1) is 9.66. The number of carbonyl (C=O) groups excluding carboxylic acids is 2. The van der Waals surface area contributed by atoms with Gasteiger partial charge < -0.3 is 10.1 Å². The van der Waals surface area contributed by atoms with Crippen molar-refractivity contribution in [2.75, 3.05) is 11.9 Å². The highest BCUT2D eigenvalue weighted by molar-refractivity contribution is 9.10. The van der Waals surface area contributed by atoms with Crippen molar-refractivity contribution in [1.29, 1.82) is 0 Å². The van der Waals surface area contributed by atoms with Gasteiger partial charge in [0.1, 0.15) is 5.92 Å². The van der Waals surface area contributed by atoms with Crippen LogP contribution in [-0.4, -0.2) is 18.5 Å². The molecule has 21 heavy (non-hydrogen) atoms. The molecule has 6 heteroatoms. The van der Waals surface area contributed by atoms with Crippen molar-refractivity contribution in [1.82, 2.24) is 0 Å². The van der Waals surface area contributed by atoms with Crippen LogP contribution < -0.4 is 5.32 Å². The van der Waals surface area contributed by atoms with E-state index in [1.165, 1.54) is 0 Å². The Kier molecular flexibility index (Phi) is 6.23. The zero-order chi connectivity index (χ0) is 16.2. The zero-order valence-electron chi connectivity index (χ0n) is 12.5. The van der Waals surface area contributed by atoms with Crippen LogP contribution in [-0.2, 0) is 14.3 Å². The van der Waals surface area contributed by atoms with Crippen LogP contribution in [0.5, 0.6) is 0 Å². The molecule has 0 radical (unpaired) electrons. The molecule has 1 rings (SSSR count). The van der Waals surface area contributed by atoms with Gasteiger partial charge in [0.2, 0.25) is 5.91 Å². The molecule has 4 nitrogen and oxygen atoms in total. The number of anilines is 1. The molecule has 116 valence electrons. The molecular formula is C15H19BrClNO3. The fraction of sp³-hybridized carbons (Fsp3) is 0.467. The maximum Gasteiger partial charge on any atom is 0.319 e. The molecule has 1 N–H and O–H groups in total. The molecule has 1 amide bonds. The maximum absolute atomic E-state index is 12.4. The maximum atomic E-state index is 12.4. The van der Waals surface area contributed by atoms with Gasteiger partial charge in [0.25, 0.3) is 0 Å². The number of hydrogen-bond donors (Lipinski definition) is 1. The van der Waals surface area contributed by atoms with E-state index in [1.807, 2.05) is 20.8 Å². The number of amides is 1. The highest BCUT2D eigenvalue weighted by Crippen LogP contribution is 2.30. The second kappa shape index (κ2) is 7.27. The summed E-state index contributed by atoms with van der Waals surface area (Å²) in [6, 6.07) is 5.03. The average Bonchev–Trinajstić information content (AvgIpc) is 2.32. The molecule has 0 spiro atoms. The first-order valence-electron chi connectivity index (χ1n) is 6.59.